The second kappa shape index (κ2) is 6.52. The first-order valence-corrected chi connectivity index (χ1v) is 6.30. The highest BCUT2D eigenvalue weighted by molar-refractivity contribution is 7.14. The summed E-state index contributed by atoms with van der Waals surface area (Å²) in [6.45, 7) is 3.22. The molecule has 2 N–H and O–H groups in total. The van der Waals surface area contributed by atoms with Gasteiger partial charge in [0.15, 0.2) is 5.13 Å². The first-order valence-electron chi connectivity index (χ1n) is 5.42. The summed E-state index contributed by atoms with van der Waals surface area (Å²) in [7, 11) is 0. The molecule has 1 aromatic rings. The molecule has 0 aliphatic heterocycles. The van der Waals surface area contributed by atoms with Gasteiger partial charge in [-0.1, -0.05) is 5.16 Å². The van der Waals surface area contributed by atoms with Gasteiger partial charge in [0.05, 0.1) is 0 Å². The van der Waals surface area contributed by atoms with E-state index in [0.29, 0.717) is 11.3 Å². The van der Waals surface area contributed by atoms with E-state index >= 15 is 0 Å². The van der Waals surface area contributed by atoms with Gasteiger partial charge in [-0.25, -0.2) is 9.78 Å². The Kier molecular flexibility index (Phi) is 5.24. The number of thiazole rings is 1. The molecule has 1 amide bonds. The number of carbonyl (C=O) groups excluding carboxylic acids is 1. The molecule has 0 aliphatic carbocycles. The van der Waals surface area contributed by atoms with Crippen molar-refractivity contribution in [3.05, 3.63) is 11.1 Å². The molecule has 21 heavy (non-hydrogen) atoms. The van der Waals surface area contributed by atoms with Crippen molar-refractivity contribution in [3.8, 4) is 0 Å². The number of carboxylic acid groups (broad SMARTS) is 1. The Morgan fingerprint density at radius 2 is 2.10 bits per heavy atom. The van der Waals surface area contributed by atoms with E-state index in [-0.39, 0.29) is 11.8 Å². The highest BCUT2D eigenvalue weighted by atomic mass is 32.1. The SMILES string of the molecule is CC(C)ON=C(C(=O)O)c1csc(NC(=O)C(F)(F)F)n1. The summed E-state index contributed by atoms with van der Waals surface area (Å²) in [5.74, 6) is -3.66. The number of halogens is 3. The molecule has 0 radical (unpaired) electrons. The molecular formula is C10H10F3N3O4S. The fraction of sp³-hybridized carbons (Fsp3) is 0.400. The number of anilines is 1. The topological polar surface area (TPSA) is 101 Å². The smallest absolute Gasteiger partial charge is 0.471 e. The first-order chi connectivity index (χ1) is 9.61. The summed E-state index contributed by atoms with van der Waals surface area (Å²) >= 11 is 0.631. The fourth-order valence-electron chi connectivity index (χ4n) is 0.961. The summed E-state index contributed by atoms with van der Waals surface area (Å²) in [5, 5.41) is 14.6. The van der Waals surface area contributed by atoms with Crippen LogP contribution in [0.5, 0.6) is 0 Å². The zero-order chi connectivity index (χ0) is 16.2. The number of aliphatic carboxylic acids is 1. The molecule has 1 heterocycles. The Morgan fingerprint density at radius 3 is 2.57 bits per heavy atom. The predicted octanol–water partition coefficient (Wildman–Crippen LogP) is 1.86. The third kappa shape index (κ3) is 5.02. The maximum absolute atomic E-state index is 12.1. The molecule has 0 spiro atoms. The molecule has 0 bridgehead atoms. The van der Waals surface area contributed by atoms with Crippen molar-refractivity contribution >= 4 is 34.1 Å². The van der Waals surface area contributed by atoms with Crippen molar-refractivity contribution in [1.82, 2.24) is 4.98 Å². The third-order valence-corrected chi connectivity index (χ3v) is 2.54. The van der Waals surface area contributed by atoms with E-state index in [1.165, 1.54) is 5.32 Å². The van der Waals surface area contributed by atoms with Gasteiger partial charge in [0.2, 0.25) is 5.71 Å². The largest absolute Gasteiger partial charge is 0.476 e. The second-order valence-corrected chi connectivity index (χ2v) is 4.75. The zero-order valence-corrected chi connectivity index (χ0v) is 11.6. The van der Waals surface area contributed by atoms with Crippen molar-refractivity contribution in [2.45, 2.75) is 26.1 Å². The lowest BCUT2D eigenvalue weighted by Gasteiger charge is -2.04. The van der Waals surface area contributed by atoms with E-state index in [1.54, 1.807) is 13.8 Å². The lowest BCUT2D eigenvalue weighted by molar-refractivity contribution is -0.167. The van der Waals surface area contributed by atoms with Gasteiger partial charge in [-0.05, 0) is 13.8 Å². The minimum absolute atomic E-state index is 0.217. The van der Waals surface area contributed by atoms with Gasteiger partial charge < -0.3 is 9.94 Å². The number of hydrogen-bond donors (Lipinski definition) is 2. The van der Waals surface area contributed by atoms with Gasteiger partial charge >= 0.3 is 18.1 Å². The van der Waals surface area contributed by atoms with Crippen LogP contribution in [0.25, 0.3) is 0 Å². The number of carboxylic acids is 1. The van der Waals surface area contributed by atoms with Crippen LogP contribution in [0.15, 0.2) is 10.5 Å². The number of rotatable bonds is 5. The number of hydrogen-bond acceptors (Lipinski definition) is 6. The summed E-state index contributed by atoms with van der Waals surface area (Å²) in [6.07, 6.45) is -5.45. The number of nitrogens with zero attached hydrogens (tertiary/aromatic N) is 2. The second-order valence-electron chi connectivity index (χ2n) is 3.89. The first kappa shape index (κ1) is 16.9. The number of aromatic nitrogens is 1. The van der Waals surface area contributed by atoms with Crippen molar-refractivity contribution in [2.24, 2.45) is 5.16 Å². The van der Waals surface area contributed by atoms with Gasteiger partial charge in [0.25, 0.3) is 0 Å². The van der Waals surface area contributed by atoms with E-state index in [1.807, 2.05) is 0 Å². The van der Waals surface area contributed by atoms with Crippen LogP contribution in [-0.4, -0.2) is 40.0 Å². The monoisotopic (exact) mass is 325 g/mol. The Bertz CT molecular complexity index is 568. The van der Waals surface area contributed by atoms with Crippen LogP contribution in [0.1, 0.15) is 19.5 Å². The van der Waals surface area contributed by atoms with Crippen molar-refractivity contribution in [3.63, 3.8) is 0 Å². The lowest BCUT2D eigenvalue weighted by Crippen LogP contribution is -2.29. The van der Waals surface area contributed by atoms with Crippen LogP contribution in [0, 0.1) is 0 Å². The van der Waals surface area contributed by atoms with Gasteiger partial charge in [-0.15, -0.1) is 11.3 Å². The third-order valence-electron chi connectivity index (χ3n) is 1.78. The lowest BCUT2D eigenvalue weighted by atomic mass is 10.3. The molecule has 0 unspecified atom stereocenters. The summed E-state index contributed by atoms with van der Waals surface area (Å²) < 4.78 is 36.2. The molecule has 0 fully saturated rings. The Morgan fingerprint density at radius 1 is 1.48 bits per heavy atom. The van der Waals surface area contributed by atoms with Gasteiger partial charge in [0.1, 0.15) is 11.8 Å². The molecule has 0 saturated carbocycles. The summed E-state index contributed by atoms with van der Waals surface area (Å²) in [6, 6.07) is 0. The zero-order valence-electron chi connectivity index (χ0n) is 10.8. The van der Waals surface area contributed by atoms with E-state index in [2.05, 4.69) is 10.1 Å². The highest BCUT2D eigenvalue weighted by Gasteiger charge is 2.39. The number of carbonyl (C=O) groups is 2. The molecular weight excluding hydrogens is 315 g/mol. The Labute approximate surface area is 120 Å². The van der Waals surface area contributed by atoms with Crippen LogP contribution < -0.4 is 5.32 Å². The number of amides is 1. The van der Waals surface area contributed by atoms with Crippen LogP contribution in [0.4, 0.5) is 18.3 Å². The Balaban J connectivity index is 2.92. The molecule has 1 rings (SSSR count). The number of alkyl halides is 3. The molecule has 1 aromatic heterocycles. The quantitative estimate of drug-likeness (QED) is 0.635. The van der Waals surface area contributed by atoms with Crippen LogP contribution in [0.3, 0.4) is 0 Å². The van der Waals surface area contributed by atoms with E-state index in [4.69, 9.17) is 9.94 Å². The fourth-order valence-corrected chi connectivity index (χ4v) is 1.65. The van der Waals surface area contributed by atoms with Crippen LogP contribution in [-0.2, 0) is 14.4 Å². The van der Waals surface area contributed by atoms with E-state index in [9.17, 15) is 22.8 Å². The molecule has 116 valence electrons. The molecule has 7 nitrogen and oxygen atoms in total. The summed E-state index contributed by atoms with van der Waals surface area (Å²) in [5.41, 5.74) is -0.793. The highest BCUT2D eigenvalue weighted by Crippen LogP contribution is 2.21. The standard InChI is InChI=1S/C10H10F3N3O4S/c1-4(2)20-16-6(7(17)18)5-3-21-9(14-5)15-8(19)10(11,12)13/h3-4H,1-2H3,(H,17,18)(H,14,15,19). The van der Waals surface area contributed by atoms with E-state index in [0.717, 1.165) is 5.38 Å². The predicted molar refractivity (Wildman–Crippen MR) is 67.2 cm³/mol. The maximum atomic E-state index is 12.1. The van der Waals surface area contributed by atoms with Crippen molar-refractivity contribution in [1.29, 1.82) is 0 Å². The average molecular weight is 325 g/mol. The van der Waals surface area contributed by atoms with Gasteiger partial charge in [-0.3, -0.25) is 10.1 Å². The average Bonchev–Trinajstić information content (AvgIpc) is 2.75. The van der Waals surface area contributed by atoms with Crippen molar-refractivity contribution in [2.75, 3.05) is 5.32 Å². The van der Waals surface area contributed by atoms with Crippen LogP contribution in [0.2, 0.25) is 0 Å². The van der Waals surface area contributed by atoms with Gasteiger partial charge in [-0.2, -0.15) is 13.2 Å². The molecule has 11 heteroatoms. The molecule has 0 atom stereocenters. The van der Waals surface area contributed by atoms with E-state index < -0.39 is 28.9 Å². The summed E-state index contributed by atoms with van der Waals surface area (Å²) in [4.78, 5) is 30.0. The molecule has 0 aliphatic rings. The normalized spacial score (nSPS) is 12.4. The molecule has 0 saturated heterocycles. The minimum atomic E-state index is -5.06. The van der Waals surface area contributed by atoms with Crippen LogP contribution >= 0.6 is 11.3 Å². The minimum Gasteiger partial charge on any atom is -0.476 e. The molecule has 0 aromatic carbocycles. The maximum Gasteiger partial charge on any atom is 0.471 e. The van der Waals surface area contributed by atoms with Crippen molar-refractivity contribution < 1.29 is 32.7 Å². The Hall–Kier alpha value is -2.17. The number of oxime groups is 1. The van der Waals surface area contributed by atoms with Gasteiger partial charge in [0, 0.05) is 5.38 Å². The number of nitrogens with one attached hydrogen (secondary N) is 1.